The molecule has 1 aromatic carbocycles. The molecule has 2 atom stereocenters. The molecule has 2 aliphatic heterocycles. The van der Waals surface area contributed by atoms with E-state index in [0.29, 0.717) is 41.6 Å². The highest BCUT2D eigenvalue weighted by Crippen LogP contribution is 2.48. The third-order valence-electron chi connectivity index (χ3n) is 9.01. The summed E-state index contributed by atoms with van der Waals surface area (Å²) in [5, 5.41) is 13.7. The Morgan fingerprint density at radius 3 is 2.48 bits per heavy atom. The van der Waals surface area contributed by atoms with Crippen LogP contribution in [0.25, 0.3) is 0 Å². The van der Waals surface area contributed by atoms with Crippen LogP contribution < -0.4 is 5.32 Å². The zero-order chi connectivity index (χ0) is 29.9. The van der Waals surface area contributed by atoms with Gasteiger partial charge in [-0.25, -0.2) is 8.78 Å². The summed E-state index contributed by atoms with van der Waals surface area (Å²) >= 11 is 0. The first-order valence-corrected chi connectivity index (χ1v) is 15.2. The first-order valence-electron chi connectivity index (χ1n) is 15.2. The number of amides is 2. The Kier molecular flexibility index (Phi) is 9.08. The van der Waals surface area contributed by atoms with Crippen molar-refractivity contribution in [2.45, 2.75) is 96.4 Å². The number of halogens is 2. The predicted octanol–water partition coefficient (Wildman–Crippen LogP) is 7.16. The van der Waals surface area contributed by atoms with Crippen molar-refractivity contribution in [3.8, 4) is 0 Å². The summed E-state index contributed by atoms with van der Waals surface area (Å²) in [6.07, 6.45) is 7.64. The second-order valence-electron chi connectivity index (χ2n) is 12.2. The SMILES string of the molecule is CCCCCC(c1ccc(C(=O)NCC2=NN=N2)cc1)N1C(=O)C(C2=CC(F)=CC(F)C2)=NC12CCC(C(C)C)CC2. The molecule has 8 nitrogen and oxygen atoms in total. The van der Waals surface area contributed by atoms with Crippen LogP contribution >= 0.6 is 0 Å². The Morgan fingerprint density at radius 1 is 1.17 bits per heavy atom. The van der Waals surface area contributed by atoms with Crippen molar-refractivity contribution >= 4 is 23.4 Å². The van der Waals surface area contributed by atoms with E-state index in [1.165, 1.54) is 6.08 Å². The van der Waals surface area contributed by atoms with Gasteiger partial charge in [-0.2, -0.15) is 0 Å². The highest BCUT2D eigenvalue weighted by molar-refractivity contribution is 6.47. The van der Waals surface area contributed by atoms with Gasteiger partial charge < -0.3 is 10.2 Å². The maximum Gasteiger partial charge on any atom is 0.274 e. The van der Waals surface area contributed by atoms with Gasteiger partial charge in [0.25, 0.3) is 11.8 Å². The summed E-state index contributed by atoms with van der Waals surface area (Å²) in [6.45, 7) is 6.80. The van der Waals surface area contributed by atoms with Crippen molar-refractivity contribution in [2.24, 2.45) is 32.3 Å². The van der Waals surface area contributed by atoms with Crippen LogP contribution in [0, 0.1) is 11.8 Å². The highest BCUT2D eigenvalue weighted by atomic mass is 19.1. The van der Waals surface area contributed by atoms with Gasteiger partial charge in [-0.15, -0.1) is 10.2 Å². The average molecular weight is 579 g/mol. The molecule has 42 heavy (non-hydrogen) atoms. The standard InChI is InChI=1S/C32H40F2N6O2/c1-4-5-6-7-27(22-8-10-23(11-9-22)30(41)35-19-28-37-39-38-28)40-31(42)29(24-16-25(33)18-26(34)17-24)36-32(40)14-12-21(13-15-32)20(2)3/h8-11,16,18,20-21,26-27H,4-7,12-15,17,19H2,1-3H3,(H,35,41). The van der Waals surface area contributed by atoms with E-state index >= 15 is 0 Å². The van der Waals surface area contributed by atoms with Gasteiger partial charge in [0.05, 0.1) is 12.6 Å². The molecule has 5 rings (SSSR count). The molecule has 0 radical (unpaired) electrons. The van der Waals surface area contributed by atoms with Crippen molar-refractivity contribution in [1.82, 2.24) is 10.2 Å². The lowest BCUT2D eigenvalue weighted by molar-refractivity contribution is -0.133. The van der Waals surface area contributed by atoms with Crippen LogP contribution in [-0.2, 0) is 4.79 Å². The van der Waals surface area contributed by atoms with Crippen molar-refractivity contribution in [1.29, 1.82) is 0 Å². The molecule has 2 amide bonds. The molecular formula is C32H40F2N6O2. The van der Waals surface area contributed by atoms with Crippen LogP contribution in [0.3, 0.4) is 0 Å². The minimum Gasteiger partial charge on any atom is -0.345 e. The molecule has 1 fully saturated rings. The van der Waals surface area contributed by atoms with E-state index in [9.17, 15) is 18.4 Å². The lowest BCUT2D eigenvalue weighted by Gasteiger charge is -2.46. The number of unbranched alkanes of at least 4 members (excludes halogenated alkanes) is 2. The van der Waals surface area contributed by atoms with Crippen LogP contribution in [0.4, 0.5) is 8.78 Å². The molecule has 0 saturated heterocycles. The van der Waals surface area contributed by atoms with Gasteiger partial charge >= 0.3 is 0 Å². The van der Waals surface area contributed by atoms with Gasteiger partial charge in [-0.3, -0.25) is 14.6 Å². The summed E-state index contributed by atoms with van der Waals surface area (Å²) in [6, 6.07) is 7.07. The summed E-state index contributed by atoms with van der Waals surface area (Å²) in [5.74, 6) is 0.364. The Balaban J connectivity index is 1.46. The number of alkyl halides is 1. The quantitative estimate of drug-likeness (QED) is 0.282. The summed E-state index contributed by atoms with van der Waals surface area (Å²) in [4.78, 5) is 34.0. The number of rotatable bonds is 11. The molecule has 0 aromatic heterocycles. The Morgan fingerprint density at radius 2 is 1.88 bits per heavy atom. The summed E-state index contributed by atoms with van der Waals surface area (Å²) in [5.41, 5.74) is 1.17. The molecule has 4 aliphatic rings. The molecule has 2 aliphatic carbocycles. The third-order valence-corrected chi connectivity index (χ3v) is 9.01. The van der Waals surface area contributed by atoms with Gasteiger partial charge in [0.1, 0.15) is 23.4 Å². The number of carbonyl (C=O) groups is 2. The summed E-state index contributed by atoms with van der Waals surface area (Å²) in [7, 11) is 0. The zero-order valence-electron chi connectivity index (χ0n) is 24.7. The second-order valence-corrected chi connectivity index (χ2v) is 12.2. The van der Waals surface area contributed by atoms with E-state index in [0.717, 1.165) is 50.2 Å². The molecule has 224 valence electrons. The minimum absolute atomic E-state index is 0.0609. The first-order chi connectivity index (χ1) is 20.2. The molecule has 2 unspecified atom stereocenters. The molecule has 1 spiro atoms. The van der Waals surface area contributed by atoms with Crippen LogP contribution in [0.5, 0.6) is 0 Å². The van der Waals surface area contributed by atoms with Crippen molar-refractivity contribution < 1.29 is 18.4 Å². The normalized spacial score (nSPS) is 26.0. The van der Waals surface area contributed by atoms with Crippen molar-refractivity contribution in [2.75, 3.05) is 6.54 Å². The number of hydrogen-bond acceptors (Lipinski definition) is 6. The Labute approximate surface area is 246 Å². The third kappa shape index (κ3) is 6.27. The fraction of sp³-hybridized carbons (Fsp3) is 0.562. The van der Waals surface area contributed by atoms with E-state index in [-0.39, 0.29) is 36.5 Å². The first kappa shape index (κ1) is 29.9. The highest BCUT2D eigenvalue weighted by Gasteiger charge is 2.52. The molecule has 1 N–H and O–H groups in total. The van der Waals surface area contributed by atoms with Crippen LogP contribution in [0.2, 0.25) is 0 Å². The van der Waals surface area contributed by atoms with Gasteiger partial charge in [0.15, 0.2) is 5.84 Å². The number of carbonyl (C=O) groups excluding carboxylic acids is 2. The van der Waals surface area contributed by atoms with Gasteiger partial charge in [-0.05, 0) is 84.6 Å². The van der Waals surface area contributed by atoms with E-state index < -0.39 is 17.7 Å². The second kappa shape index (κ2) is 12.8. The molecule has 1 aromatic rings. The molecule has 1 saturated carbocycles. The van der Waals surface area contributed by atoms with E-state index in [1.807, 2.05) is 17.0 Å². The minimum atomic E-state index is -1.49. The number of amidine groups is 1. The van der Waals surface area contributed by atoms with Crippen molar-refractivity contribution in [3.05, 3.63) is 58.9 Å². The number of nitrogens with one attached hydrogen (secondary N) is 1. The Bertz CT molecular complexity index is 1340. The average Bonchev–Trinajstić information content (AvgIpc) is 3.21. The number of hydrogen-bond donors (Lipinski definition) is 1. The fourth-order valence-electron chi connectivity index (χ4n) is 6.59. The lowest BCUT2D eigenvalue weighted by Crippen LogP contribution is -2.51. The number of benzene rings is 1. The topological polar surface area (TPSA) is 98.9 Å². The van der Waals surface area contributed by atoms with E-state index in [4.69, 9.17) is 4.99 Å². The maximum atomic E-state index is 14.4. The fourth-order valence-corrected chi connectivity index (χ4v) is 6.59. The van der Waals surface area contributed by atoms with Gasteiger partial charge in [0.2, 0.25) is 0 Å². The number of aliphatic imine (C=N–C) groups is 1. The monoisotopic (exact) mass is 578 g/mol. The molecular weight excluding hydrogens is 538 g/mol. The van der Waals surface area contributed by atoms with E-state index in [1.54, 1.807) is 12.1 Å². The van der Waals surface area contributed by atoms with Crippen LogP contribution in [0.1, 0.15) is 101 Å². The Hall–Kier alpha value is -3.56. The van der Waals surface area contributed by atoms with Gasteiger partial charge in [0, 0.05) is 12.0 Å². The smallest absolute Gasteiger partial charge is 0.274 e. The van der Waals surface area contributed by atoms with Crippen molar-refractivity contribution in [3.63, 3.8) is 0 Å². The maximum absolute atomic E-state index is 14.4. The largest absolute Gasteiger partial charge is 0.345 e. The lowest BCUT2D eigenvalue weighted by atomic mass is 9.76. The number of nitrogens with zero attached hydrogens (tertiary/aromatic N) is 5. The predicted molar refractivity (Wildman–Crippen MR) is 159 cm³/mol. The van der Waals surface area contributed by atoms with Crippen LogP contribution in [0.15, 0.2) is 68.2 Å². The molecule has 0 bridgehead atoms. The van der Waals surface area contributed by atoms with Crippen LogP contribution in [-0.4, -0.2) is 46.6 Å². The van der Waals surface area contributed by atoms with Gasteiger partial charge in [-0.1, -0.05) is 52.2 Å². The molecule has 2 heterocycles. The van der Waals surface area contributed by atoms with E-state index in [2.05, 4.69) is 41.5 Å². The zero-order valence-corrected chi connectivity index (χ0v) is 24.7. The molecule has 10 heteroatoms. The summed E-state index contributed by atoms with van der Waals surface area (Å²) < 4.78 is 28.7. The number of allylic oxidation sites excluding steroid dienone is 3.